The van der Waals surface area contributed by atoms with Crippen LogP contribution in [-0.2, 0) is 24.8 Å². The number of nitrogens with zero attached hydrogens (tertiary/aromatic N) is 1. The van der Waals surface area contributed by atoms with Crippen molar-refractivity contribution in [3.05, 3.63) is 18.2 Å². The third-order valence-electron chi connectivity index (χ3n) is 4.34. The molecule has 0 saturated carbocycles. The zero-order valence-electron chi connectivity index (χ0n) is 16.3. The topological polar surface area (TPSA) is 122 Å². The quantitative estimate of drug-likeness (QED) is 0.642. The molecule has 1 saturated heterocycles. The first kappa shape index (κ1) is 22.4. The Hall–Kier alpha value is -1.85. The van der Waals surface area contributed by atoms with Crippen LogP contribution in [0.1, 0.15) is 32.6 Å². The van der Waals surface area contributed by atoms with Crippen molar-refractivity contribution >= 4 is 37.3 Å². The van der Waals surface area contributed by atoms with E-state index >= 15 is 0 Å². The van der Waals surface area contributed by atoms with Gasteiger partial charge in [-0.05, 0) is 37.5 Å². The van der Waals surface area contributed by atoms with Crippen molar-refractivity contribution in [2.24, 2.45) is 0 Å². The number of ether oxygens (including phenoxy) is 1. The lowest BCUT2D eigenvalue weighted by molar-refractivity contribution is -0.120. The van der Waals surface area contributed by atoms with Crippen LogP contribution in [0, 0.1) is 0 Å². The van der Waals surface area contributed by atoms with Gasteiger partial charge in [-0.1, -0.05) is 13.3 Å². The molecule has 1 atom stereocenters. The maximum Gasteiger partial charge on any atom is 0.242 e. The van der Waals surface area contributed by atoms with Crippen LogP contribution in [0.15, 0.2) is 18.2 Å². The fourth-order valence-electron chi connectivity index (χ4n) is 3.17. The van der Waals surface area contributed by atoms with E-state index in [1.54, 1.807) is 13.0 Å². The number of benzene rings is 1. The normalized spacial score (nSPS) is 18.5. The van der Waals surface area contributed by atoms with Gasteiger partial charge in [0.1, 0.15) is 11.8 Å². The van der Waals surface area contributed by atoms with Crippen LogP contribution in [0.4, 0.5) is 11.4 Å². The van der Waals surface area contributed by atoms with Gasteiger partial charge in [-0.25, -0.2) is 16.8 Å². The molecule has 0 aromatic heterocycles. The molecule has 0 bridgehead atoms. The van der Waals surface area contributed by atoms with Crippen molar-refractivity contribution in [2.75, 3.05) is 35.7 Å². The van der Waals surface area contributed by atoms with Crippen LogP contribution < -0.4 is 14.8 Å². The molecule has 158 valence electrons. The van der Waals surface area contributed by atoms with E-state index in [1.165, 1.54) is 23.5 Å². The summed E-state index contributed by atoms with van der Waals surface area (Å²) >= 11 is 0. The second kappa shape index (κ2) is 9.10. The van der Waals surface area contributed by atoms with Gasteiger partial charge >= 0.3 is 0 Å². The van der Waals surface area contributed by atoms with Crippen molar-refractivity contribution in [3.63, 3.8) is 0 Å². The molecule has 0 aliphatic carbocycles. The lowest BCUT2D eigenvalue weighted by Gasteiger charge is -2.33. The number of anilines is 2. The van der Waals surface area contributed by atoms with Crippen molar-refractivity contribution in [1.29, 1.82) is 0 Å². The summed E-state index contributed by atoms with van der Waals surface area (Å²) in [5.74, 6) is -0.134. The minimum atomic E-state index is -3.54. The molecule has 0 radical (unpaired) electrons. The predicted octanol–water partition coefficient (Wildman–Crippen LogP) is 1.60. The number of carbonyl (C=O) groups is 1. The van der Waals surface area contributed by atoms with Crippen LogP contribution in [0.2, 0.25) is 0 Å². The Bertz CT molecular complexity index is 915. The Morgan fingerprint density at radius 2 is 1.96 bits per heavy atom. The zero-order chi connectivity index (χ0) is 20.9. The summed E-state index contributed by atoms with van der Waals surface area (Å²) in [6, 6.07) is 3.75. The number of methoxy groups -OCH3 is 1. The smallest absolute Gasteiger partial charge is 0.242 e. The van der Waals surface area contributed by atoms with Gasteiger partial charge in [-0.2, -0.15) is 4.31 Å². The van der Waals surface area contributed by atoms with Crippen molar-refractivity contribution in [2.45, 2.75) is 38.6 Å². The van der Waals surface area contributed by atoms with Gasteiger partial charge < -0.3 is 10.1 Å². The SMILES string of the molecule is CCCS(=O)(=O)N1CCCCC1C(=O)Nc1ccc(OC)c(NS(C)(=O)=O)c1. The molecule has 1 aromatic carbocycles. The third kappa shape index (κ3) is 5.82. The highest BCUT2D eigenvalue weighted by atomic mass is 32.2. The van der Waals surface area contributed by atoms with Crippen LogP contribution in [0.3, 0.4) is 0 Å². The first-order chi connectivity index (χ1) is 13.1. The number of carbonyl (C=O) groups excluding carboxylic acids is 1. The summed E-state index contributed by atoms with van der Waals surface area (Å²) in [5, 5.41) is 2.70. The lowest BCUT2D eigenvalue weighted by atomic mass is 10.0. The summed E-state index contributed by atoms with van der Waals surface area (Å²) in [4.78, 5) is 12.8. The highest BCUT2D eigenvalue weighted by Crippen LogP contribution is 2.29. The van der Waals surface area contributed by atoms with Gasteiger partial charge in [-0.15, -0.1) is 0 Å². The lowest BCUT2D eigenvalue weighted by Crippen LogP contribution is -2.50. The van der Waals surface area contributed by atoms with E-state index in [2.05, 4.69) is 10.0 Å². The highest BCUT2D eigenvalue weighted by molar-refractivity contribution is 7.92. The maximum absolute atomic E-state index is 12.8. The fourth-order valence-corrected chi connectivity index (χ4v) is 5.47. The van der Waals surface area contributed by atoms with Gasteiger partial charge in [0.15, 0.2) is 0 Å². The van der Waals surface area contributed by atoms with E-state index in [9.17, 15) is 21.6 Å². The molecule has 1 aliphatic rings. The van der Waals surface area contributed by atoms with Gasteiger partial charge in [0, 0.05) is 12.2 Å². The number of hydrogen-bond acceptors (Lipinski definition) is 6. The molecule has 1 fully saturated rings. The molecule has 1 unspecified atom stereocenters. The van der Waals surface area contributed by atoms with Crippen LogP contribution in [0.25, 0.3) is 0 Å². The largest absolute Gasteiger partial charge is 0.495 e. The molecule has 2 rings (SSSR count). The average molecular weight is 434 g/mol. The van der Waals surface area contributed by atoms with E-state index in [0.29, 0.717) is 30.8 Å². The Morgan fingerprint density at radius 1 is 1.25 bits per heavy atom. The first-order valence-electron chi connectivity index (χ1n) is 9.03. The molecule has 11 heteroatoms. The summed E-state index contributed by atoms with van der Waals surface area (Å²) in [7, 11) is -5.64. The molecule has 1 heterocycles. The molecule has 2 N–H and O–H groups in total. The Balaban J connectivity index is 2.24. The van der Waals surface area contributed by atoms with Crippen molar-refractivity contribution in [3.8, 4) is 5.75 Å². The summed E-state index contributed by atoms with van der Waals surface area (Å²) in [6.45, 7) is 2.11. The fraction of sp³-hybridized carbons (Fsp3) is 0.588. The number of hydrogen-bond donors (Lipinski definition) is 2. The summed E-state index contributed by atoms with van der Waals surface area (Å²) in [6.07, 6.45) is 3.42. The average Bonchev–Trinajstić information content (AvgIpc) is 2.60. The van der Waals surface area contributed by atoms with E-state index in [1.807, 2.05) is 0 Å². The van der Waals surface area contributed by atoms with E-state index in [4.69, 9.17) is 4.74 Å². The molecule has 1 aliphatic heterocycles. The van der Waals surface area contributed by atoms with Gasteiger partial charge in [0.05, 0.1) is 24.8 Å². The van der Waals surface area contributed by atoms with E-state index < -0.39 is 32.0 Å². The molecular formula is C17H27N3O6S2. The Labute approximate surface area is 166 Å². The molecule has 28 heavy (non-hydrogen) atoms. The van der Waals surface area contributed by atoms with Gasteiger partial charge in [0.2, 0.25) is 26.0 Å². The number of sulfonamides is 2. The standard InChI is InChI=1S/C17H27N3O6S2/c1-4-11-28(24,25)20-10-6-5-7-15(20)17(21)18-13-8-9-16(26-2)14(12-13)19-27(3,22)23/h8-9,12,15,19H,4-7,10-11H2,1-3H3,(H,18,21). The van der Waals surface area contributed by atoms with Crippen molar-refractivity contribution < 1.29 is 26.4 Å². The predicted molar refractivity (Wildman–Crippen MR) is 109 cm³/mol. The monoisotopic (exact) mass is 433 g/mol. The number of nitrogens with one attached hydrogen (secondary N) is 2. The van der Waals surface area contributed by atoms with Crippen LogP contribution in [-0.4, -0.2) is 58.8 Å². The number of piperidine rings is 1. The van der Waals surface area contributed by atoms with E-state index in [-0.39, 0.29) is 11.4 Å². The number of rotatable bonds is 8. The maximum atomic E-state index is 12.8. The van der Waals surface area contributed by atoms with Gasteiger partial charge in [0.25, 0.3) is 0 Å². The minimum Gasteiger partial charge on any atom is -0.495 e. The van der Waals surface area contributed by atoms with E-state index in [0.717, 1.165) is 19.1 Å². The molecule has 9 nitrogen and oxygen atoms in total. The van der Waals surface area contributed by atoms with Crippen molar-refractivity contribution in [1.82, 2.24) is 4.31 Å². The van der Waals surface area contributed by atoms with Crippen LogP contribution in [0.5, 0.6) is 5.75 Å². The minimum absolute atomic E-state index is 0.00173. The second-order valence-corrected chi connectivity index (χ2v) is 10.5. The van der Waals surface area contributed by atoms with Crippen LogP contribution >= 0.6 is 0 Å². The molecule has 0 spiro atoms. The summed E-state index contributed by atoms with van der Waals surface area (Å²) < 4.78 is 56.8. The first-order valence-corrected chi connectivity index (χ1v) is 12.5. The molecule has 1 amide bonds. The molecule has 1 aromatic rings. The number of amides is 1. The highest BCUT2D eigenvalue weighted by Gasteiger charge is 2.36. The third-order valence-corrected chi connectivity index (χ3v) is 7.00. The molecular weight excluding hydrogens is 406 g/mol. The Morgan fingerprint density at radius 3 is 2.57 bits per heavy atom. The Kier molecular flexibility index (Phi) is 7.29. The second-order valence-electron chi connectivity index (χ2n) is 6.72. The zero-order valence-corrected chi connectivity index (χ0v) is 17.9. The van der Waals surface area contributed by atoms with Gasteiger partial charge in [-0.3, -0.25) is 9.52 Å². The summed E-state index contributed by atoms with van der Waals surface area (Å²) in [5.41, 5.74) is 0.525.